The van der Waals surface area contributed by atoms with Crippen molar-refractivity contribution in [1.29, 1.82) is 0 Å². The van der Waals surface area contributed by atoms with Gasteiger partial charge in [0.1, 0.15) is 0 Å². The first-order valence-corrected chi connectivity index (χ1v) is 8.78. The zero-order valence-corrected chi connectivity index (χ0v) is 10.2. The molecule has 1 aliphatic rings. The first-order chi connectivity index (χ1) is 6.38. The van der Waals surface area contributed by atoms with Crippen LogP contribution in [0.3, 0.4) is 0 Å². The van der Waals surface area contributed by atoms with Gasteiger partial charge in [-0.1, -0.05) is 0 Å². The van der Waals surface area contributed by atoms with E-state index in [1.165, 1.54) is 16.2 Å². The van der Waals surface area contributed by atoms with E-state index >= 15 is 0 Å². The summed E-state index contributed by atoms with van der Waals surface area (Å²) in [6.07, 6.45) is 0. The van der Waals surface area contributed by atoms with Crippen LogP contribution in [0.2, 0.25) is 0 Å². The molecule has 68 valence electrons. The van der Waals surface area contributed by atoms with Crippen LogP contribution in [0.1, 0.15) is 10.4 Å². The maximum absolute atomic E-state index is 11.6. The van der Waals surface area contributed by atoms with Crippen LogP contribution >= 0.6 is 21.9 Å². The molecule has 0 amide bonds. The van der Waals surface area contributed by atoms with E-state index in [-0.39, 0.29) is 5.12 Å². The van der Waals surface area contributed by atoms with E-state index in [2.05, 4.69) is 6.07 Å². The second kappa shape index (κ2) is 4.56. The summed E-state index contributed by atoms with van der Waals surface area (Å²) in [5.74, 6) is 2.06. The average molecular weight is 275 g/mol. The van der Waals surface area contributed by atoms with Crippen LogP contribution in [0.5, 0.6) is 0 Å². The van der Waals surface area contributed by atoms with Gasteiger partial charge in [0.2, 0.25) is 0 Å². The molecule has 13 heavy (non-hydrogen) atoms. The SMILES string of the molecule is O=C1SCCS[Se]c2ccccc21. The second-order valence-corrected chi connectivity index (χ2v) is 7.87. The van der Waals surface area contributed by atoms with Crippen LogP contribution in [0.4, 0.5) is 0 Å². The molecule has 1 aliphatic heterocycles. The van der Waals surface area contributed by atoms with Gasteiger partial charge in [-0.2, -0.15) is 0 Å². The van der Waals surface area contributed by atoms with E-state index in [9.17, 15) is 4.79 Å². The van der Waals surface area contributed by atoms with Crippen LogP contribution in [-0.4, -0.2) is 30.5 Å². The van der Waals surface area contributed by atoms with Crippen molar-refractivity contribution in [3.8, 4) is 0 Å². The van der Waals surface area contributed by atoms with Gasteiger partial charge in [-0.05, 0) is 0 Å². The fraction of sp³-hybridized carbons (Fsp3) is 0.222. The number of fused-ring (bicyclic) bond motifs is 1. The fourth-order valence-electron chi connectivity index (χ4n) is 1.06. The molecule has 0 unspecified atom stereocenters. The van der Waals surface area contributed by atoms with Crippen LogP contribution < -0.4 is 4.46 Å². The molecule has 0 fully saturated rings. The number of hydrogen-bond acceptors (Lipinski definition) is 3. The van der Waals surface area contributed by atoms with E-state index in [1.54, 1.807) is 0 Å². The Balaban J connectivity index is 2.37. The third-order valence-corrected chi connectivity index (χ3v) is 7.14. The molecule has 0 aromatic heterocycles. The van der Waals surface area contributed by atoms with E-state index in [0.29, 0.717) is 13.8 Å². The Hall–Kier alpha value is 0.109. The molecule has 2 rings (SSSR count). The molecular formula is C9H8OS2Se. The molecular weight excluding hydrogens is 267 g/mol. The Morgan fingerprint density at radius 3 is 3.00 bits per heavy atom. The minimum atomic E-state index is 0.248. The average Bonchev–Trinajstić information content (AvgIpc) is 2.14. The predicted molar refractivity (Wildman–Crippen MR) is 61.1 cm³/mol. The third kappa shape index (κ3) is 2.32. The van der Waals surface area contributed by atoms with Gasteiger partial charge in [0, 0.05) is 0 Å². The molecule has 1 nitrogen and oxygen atoms in total. The molecule has 1 aromatic rings. The monoisotopic (exact) mass is 276 g/mol. The first-order valence-electron chi connectivity index (χ1n) is 3.93. The normalized spacial score (nSPS) is 17.4. The van der Waals surface area contributed by atoms with Gasteiger partial charge in [0.05, 0.1) is 0 Å². The zero-order chi connectivity index (χ0) is 9.10. The number of carbonyl (C=O) groups excluding carboxylic acids is 1. The minimum absolute atomic E-state index is 0.248. The number of carbonyl (C=O) groups is 1. The van der Waals surface area contributed by atoms with Gasteiger partial charge in [-0.15, -0.1) is 0 Å². The van der Waals surface area contributed by atoms with Crippen molar-refractivity contribution in [2.24, 2.45) is 0 Å². The molecule has 1 heterocycles. The van der Waals surface area contributed by atoms with E-state index in [0.717, 1.165) is 17.1 Å². The summed E-state index contributed by atoms with van der Waals surface area (Å²) >= 11 is 1.87. The Kier molecular flexibility index (Phi) is 3.39. The molecule has 0 spiro atoms. The molecule has 0 N–H and O–H groups in total. The van der Waals surface area contributed by atoms with Crippen LogP contribution in [0.25, 0.3) is 0 Å². The van der Waals surface area contributed by atoms with Crippen molar-refractivity contribution in [2.75, 3.05) is 11.5 Å². The van der Waals surface area contributed by atoms with Crippen molar-refractivity contribution in [3.63, 3.8) is 0 Å². The first kappa shape index (κ1) is 9.66. The van der Waals surface area contributed by atoms with Crippen molar-refractivity contribution < 1.29 is 4.79 Å². The number of benzene rings is 1. The molecule has 0 aliphatic carbocycles. The van der Waals surface area contributed by atoms with Crippen LogP contribution in [0.15, 0.2) is 24.3 Å². The Morgan fingerprint density at radius 2 is 2.08 bits per heavy atom. The quantitative estimate of drug-likeness (QED) is 0.669. The van der Waals surface area contributed by atoms with Crippen LogP contribution in [-0.2, 0) is 0 Å². The Bertz CT molecular complexity index is 327. The standard InChI is InChI=1S/C9H8OS2Se/c10-9-7-3-1-2-4-8(7)13-12-6-5-11-9/h1-4H,5-6H2. The molecule has 4 heteroatoms. The van der Waals surface area contributed by atoms with Crippen LogP contribution in [0, 0.1) is 0 Å². The summed E-state index contributed by atoms with van der Waals surface area (Å²) < 4.78 is 1.25. The topological polar surface area (TPSA) is 17.1 Å². The van der Waals surface area contributed by atoms with Crippen molar-refractivity contribution in [1.82, 2.24) is 0 Å². The van der Waals surface area contributed by atoms with Crippen molar-refractivity contribution in [3.05, 3.63) is 29.8 Å². The number of hydrogen-bond donors (Lipinski definition) is 0. The third-order valence-electron chi connectivity index (χ3n) is 1.66. The predicted octanol–water partition coefficient (Wildman–Crippen LogP) is 1.55. The molecule has 0 bridgehead atoms. The Morgan fingerprint density at radius 1 is 1.23 bits per heavy atom. The zero-order valence-electron chi connectivity index (χ0n) is 6.86. The van der Waals surface area contributed by atoms with Gasteiger partial charge >= 0.3 is 91.5 Å². The molecule has 0 atom stereocenters. The second-order valence-electron chi connectivity index (χ2n) is 2.54. The summed E-state index contributed by atoms with van der Waals surface area (Å²) in [5.41, 5.74) is 0.930. The van der Waals surface area contributed by atoms with E-state index < -0.39 is 0 Å². The fourth-order valence-corrected chi connectivity index (χ4v) is 6.71. The van der Waals surface area contributed by atoms with Crippen molar-refractivity contribution >= 4 is 45.4 Å². The summed E-state index contributed by atoms with van der Waals surface area (Å²) in [4.78, 5) is 11.6. The summed E-state index contributed by atoms with van der Waals surface area (Å²) in [7, 11) is 1.96. The summed E-state index contributed by atoms with van der Waals surface area (Å²) in [5, 5.41) is 0.248. The maximum atomic E-state index is 11.6. The molecule has 0 radical (unpaired) electrons. The summed E-state index contributed by atoms with van der Waals surface area (Å²) in [6, 6.07) is 7.98. The van der Waals surface area contributed by atoms with E-state index in [1.807, 2.05) is 28.4 Å². The van der Waals surface area contributed by atoms with Crippen molar-refractivity contribution in [2.45, 2.75) is 0 Å². The number of thioether (sulfide) groups is 1. The molecule has 0 saturated heterocycles. The number of rotatable bonds is 0. The van der Waals surface area contributed by atoms with E-state index in [4.69, 9.17) is 0 Å². The van der Waals surface area contributed by atoms with Gasteiger partial charge in [-0.3, -0.25) is 0 Å². The van der Waals surface area contributed by atoms with Gasteiger partial charge in [0.25, 0.3) is 0 Å². The van der Waals surface area contributed by atoms with Gasteiger partial charge < -0.3 is 0 Å². The summed E-state index contributed by atoms with van der Waals surface area (Å²) in [6.45, 7) is 0. The molecule has 1 aromatic carbocycles. The Labute approximate surface area is 91.3 Å². The molecule has 0 saturated carbocycles. The van der Waals surface area contributed by atoms with Gasteiger partial charge in [-0.25, -0.2) is 0 Å². The van der Waals surface area contributed by atoms with Gasteiger partial charge in [0.15, 0.2) is 0 Å².